The van der Waals surface area contributed by atoms with E-state index in [0.717, 1.165) is 10.5 Å². The van der Waals surface area contributed by atoms with Gasteiger partial charge < -0.3 is 10.4 Å². The Kier molecular flexibility index (Phi) is 3.77. The fourth-order valence-corrected chi connectivity index (χ4v) is 3.93. The zero-order valence-electron chi connectivity index (χ0n) is 10.5. The Morgan fingerprint density at radius 3 is 2.84 bits per heavy atom. The molecule has 0 aromatic heterocycles. The van der Waals surface area contributed by atoms with Crippen LogP contribution in [0.4, 0.5) is 4.79 Å². The Balaban J connectivity index is 2.40. The Hall–Kier alpha value is -1.60. The van der Waals surface area contributed by atoms with E-state index >= 15 is 0 Å². The lowest BCUT2D eigenvalue weighted by Crippen LogP contribution is -2.56. The highest BCUT2D eigenvalue weighted by Crippen LogP contribution is 2.21. The van der Waals surface area contributed by atoms with E-state index < -0.39 is 21.3 Å². The first kappa shape index (κ1) is 13.8. The van der Waals surface area contributed by atoms with Gasteiger partial charge in [0, 0.05) is 19.6 Å². The fourth-order valence-electron chi connectivity index (χ4n) is 2.12. The van der Waals surface area contributed by atoms with Crippen molar-refractivity contribution in [2.45, 2.75) is 17.2 Å². The van der Waals surface area contributed by atoms with Crippen molar-refractivity contribution in [3.63, 3.8) is 0 Å². The SMILES string of the molecule is Cc1cccc(S(=O)(=O)C2CNCCN2C(=O)O)c1. The Morgan fingerprint density at radius 2 is 2.21 bits per heavy atom. The topological polar surface area (TPSA) is 86.7 Å². The third kappa shape index (κ3) is 2.71. The molecule has 1 fully saturated rings. The summed E-state index contributed by atoms with van der Waals surface area (Å²) < 4.78 is 25.0. The monoisotopic (exact) mass is 284 g/mol. The molecule has 1 aromatic carbocycles. The second-order valence-electron chi connectivity index (χ2n) is 4.50. The Bertz CT molecular complexity index is 585. The fraction of sp³-hybridized carbons (Fsp3) is 0.417. The molecule has 19 heavy (non-hydrogen) atoms. The van der Waals surface area contributed by atoms with Gasteiger partial charge in [-0.2, -0.15) is 0 Å². The van der Waals surface area contributed by atoms with E-state index in [1.165, 1.54) is 6.07 Å². The van der Waals surface area contributed by atoms with Gasteiger partial charge in [0.1, 0.15) is 0 Å². The van der Waals surface area contributed by atoms with Crippen LogP contribution in [0.2, 0.25) is 0 Å². The second kappa shape index (κ2) is 5.18. The lowest BCUT2D eigenvalue weighted by molar-refractivity contribution is 0.130. The van der Waals surface area contributed by atoms with E-state index in [9.17, 15) is 13.2 Å². The van der Waals surface area contributed by atoms with Crippen LogP contribution in [0.3, 0.4) is 0 Å². The van der Waals surface area contributed by atoms with Crippen molar-refractivity contribution in [2.75, 3.05) is 19.6 Å². The van der Waals surface area contributed by atoms with Crippen LogP contribution in [-0.2, 0) is 9.84 Å². The quantitative estimate of drug-likeness (QED) is 0.834. The molecule has 1 aliphatic rings. The van der Waals surface area contributed by atoms with Crippen LogP contribution in [-0.4, -0.2) is 49.5 Å². The molecule has 0 bridgehead atoms. The number of sulfone groups is 1. The molecule has 0 aliphatic carbocycles. The van der Waals surface area contributed by atoms with Gasteiger partial charge in [-0.1, -0.05) is 12.1 Å². The number of carboxylic acid groups (broad SMARTS) is 1. The molecule has 1 amide bonds. The Labute approximate surface area is 112 Å². The second-order valence-corrected chi connectivity index (χ2v) is 6.60. The molecule has 1 aromatic rings. The molecule has 7 heteroatoms. The van der Waals surface area contributed by atoms with E-state index in [0.29, 0.717) is 6.54 Å². The minimum Gasteiger partial charge on any atom is -0.465 e. The maximum atomic E-state index is 12.5. The maximum absolute atomic E-state index is 12.5. The van der Waals surface area contributed by atoms with Gasteiger partial charge in [-0.25, -0.2) is 13.2 Å². The zero-order valence-corrected chi connectivity index (χ0v) is 11.4. The molecule has 2 rings (SSSR count). The van der Waals surface area contributed by atoms with Crippen LogP contribution in [0.25, 0.3) is 0 Å². The van der Waals surface area contributed by atoms with Crippen LogP contribution >= 0.6 is 0 Å². The number of amides is 1. The number of carbonyl (C=O) groups is 1. The molecule has 1 heterocycles. The summed E-state index contributed by atoms with van der Waals surface area (Å²) >= 11 is 0. The van der Waals surface area contributed by atoms with Gasteiger partial charge in [0.15, 0.2) is 5.37 Å². The number of benzene rings is 1. The zero-order chi connectivity index (χ0) is 14.0. The van der Waals surface area contributed by atoms with Crippen LogP contribution in [0.15, 0.2) is 29.2 Å². The van der Waals surface area contributed by atoms with Crippen LogP contribution in [0.5, 0.6) is 0 Å². The van der Waals surface area contributed by atoms with Gasteiger partial charge in [0.05, 0.1) is 4.90 Å². The normalized spacial score (nSPS) is 20.3. The third-order valence-corrected chi connectivity index (χ3v) is 5.17. The minimum absolute atomic E-state index is 0.114. The molecule has 1 atom stereocenters. The molecule has 6 nitrogen and oxygen atoms in total. The molecule has 2 N–H and O–H groups in total. The number of hydrogen-bond acceptors (Lipinski definition) is 4. The number of piperazine rings is 1. The first-order chi connectivity index (χ1) is 8.93. The van der Waals surface area contributed by atoms with Crippen molar-refractivity contribution in [1.82, 2.24) is 10.2 Å². The van der Waals surface area contributed by atoms with Crippen molar-refractivity contribution in [3.8, 4) is 0 Å². The van der Waals surface area contributed by atoms with E-state index in [1.54, 1.807) is 25.1 Å². The average Bonchev–Trinajstić information content (AvgIpc) is 2.38. The van der Waals surface area contributed by atoms with Crippen LogP contribution in [0, 0.1) is 6.92 Å². The van der Waals surface area contributed by atoms with E-state index in [4.69, 9.17) is 5.11 Å². The number of rotatable bonds is 2. The molecular formula is C12H16N2O4S. The first-order valence-corrected chi connectivity index (χ1v) is 7.48. The summed E-state index contributed by atoms with van der Waals surface area (Å²) in [6.07, 6.45) is -1.21. The maximum Gasteiger partial charge on any atom is 0.408 e. The number of aryl methyl sites for hydroxylation is 1. The van der Waals surface area contributed by atoms with Crippen LogP contribution < -0.4 is 5.32 Å². The standard InChI is InChI=1S/C12H16N2O4S/c1-9-3-2-4-10(7-9)19(17,18)11-8-13-5-6-14(11)12(15)16/h2-4,7,11,13H,5-6,8H2,1H3,(H,15,16). The molecular weight excluding hydrogens is 268 g/mol. The van der Waals surface area contributed by atoms with E-state index in [1.807, 2.05) is 0 Å². The predicted molar refractivity (Wildman–Crippen MR) is 69.8 cm³/mol. The lowest BCUT2D eigenvalue weighted by Gasteiger charge is -2.33. The summed E-state index contributed by atoms with van der Waals surface area (Å²) in [7, 11) is -3.70. The van der Waals surface area contributed by atoms with Crippen molar-refractivity contribution in [1.29, 1.82) is 0 Å². The molecule has 0 radical (unpaired) electrons. The van der Waals surface area contributed by atoms with Gasteiger partial charge in [-0.3, -0.25) is 4.90 Å². The predicted octanol–water partition coefficient (Wildman–Crippen LogP) is 0.678. The minimum atomic E-state index is -3.70. The van der Waals surface area contributed by atoms with Gasteiger partial charge in [-0.15, -0.1) is 0 Å². The average molecular weight is 284 g/mol. The molecule has 1 aliphatic heterocycles. The molecule has 0 spiro atoms. The summed E-state index contributed by atoms with van der Waals surface area (Å²) in [5, 5.41) is 11.0. The summed E-state index contributed by atoms with van der Waals surface area (Å²) in [6.45, 7) is 2.55. The first-order valence-electron chi connectivity index (χ1n) is 5.94. The molecule has 104 valence electrons. The molecule has 1 unspecified atom stereocenters. The van der Waals surface area contributed by atoms with E-state index in [-0.39, 0.29) is 18.0 Å². The molecule has 0 saturated carbocycles. The Morgan fingerprint density at radius 1 is 1.47 bits per heavy atom. The van der Waals surface area contributed by atoms with Gasteiger partial charge in [0.2, 0.25) is 9.84 Å². The smallest absolute Gasteiger partial charge is 0.408 e. The van der Waals surface area contributed by atoms with Crippen molar-refractivity contribution in [2.24, 2.45) is 0 Å². The van der Waals surface area contributed by atoms with Gasteiger partial charge in [0.25, 0.3) is 0 Å². The third-order valence-electron chi connectivity index (χ3n) is 3.12. The summed E-state index contributed by atoms with van der Waals surface area (Å²) in [5.41, 5.74) is 0.826. The number of nitrogens with zero attached hydrogens (tertiary/aromatic N) is 1. The largest absolute Gasteiger partial charge is 0.465 e. The van der Waals surface area contributed by atoms with Crippen molar-refractivity contribution in [3.05, 3.63) is 29.8 Å². The highest BCUT2D eigenvalue weighted by molar-refractivity contribution is 7.92. The van der Waals surface area contributed by atoms with Crippen molar-refractivity contribution < 1.29 is 18.3 Å². The summed E-state index contributed by atoms with van der Waals surface area (Å²) in [6, 6.07) is 6.51. The number of nitrogens with one attached hydrogen (secondary N) is 1. The lowest BCUT2D eigenvalue weighted by atomic mass is 10.2. The summed E-state index contributed by atoms with van der Waals surface area (Å²) in [5.74, 6) is 0. The van der Waals surface area contributed by atoms with E-state index in [2.05, 4.69) is 5.32 Å². The van der Waals surface area contributed by atoms with Crippen LogP contribution in [0.1, 0.15) is 5.56 Å². The van der Waals surface area contributed by atoms with Crippen molar-refractivity contribution >= 4 is 15.9 Å². The van der Waals surface area contributed by atoms with Gasteiger partial charge >= 0.3 is 6.09 Å². The molecule has 1 saturated heterocycles. The number of hydrogen-bond donors (Lipinski definition) is 2. The van der Waals surface area contributed by atoms with Gasteiger partial charge in [-0.05, 0) is 24.6 Å². The highest BCUT2D eigenvalue weighted by Gasteiger charge is 2.37. The summed E-state index contributed by atoms with van der Waals surface area (Å²) in [4.78, 5) is 12.3. The highest BCUT2D eigenvalue weighted by atomic mass is 32.2.